The molecule has 3 aromatic carbocycles. The van der Waals surface area contributed by atoms with Crippen molar-refractivity contribution in [2.75, 3.05) is 0 Å². The van der Waals surface area contributed by atoms with Crippen molar-refractivity contribution in [3.8, 4) is 11.1 Å². The monoisotopic (exact) mass is 324 g/mol. The van der Waals surface area contributed by atoms with Gasteiger partial charge >= 0.3 is 0 Å². The summed E-state index contributed by atoms with van der Waals surface area (Å²) in [5.74, 6) is -1.62. The summed E-state index contributed by atoms with van der Waals surface area (Å²) in [5.41, 5.74) is 2.97. The van der Waals surface area contributed by atoms with Gasteiger partial charge in [-0.15, -0.1) is 0 Å². The van der Waals surface area contributed by atoms with Gasteiger partial charge in [0.15, 0.2) is 11.6 Å². The Hall–Kier alpha value is -2.22. The van der Waals surface area contributed by atoms with Crippen molar-refractivity contribution in [2.24, 2.45) is 0 Å². The van der Waals surface area contributed by atoms with Crippen molar-refractivity contribution < 1.29 is 8.78 Å². The maximum Gasteiger partial charge on any atom is 0.159 e. The molecule has 0 fully saturated rings. The maximum atomic E-state index is 13.6. The number of hydrogen-bond acceptors (Lipinski definition) is 0. The summed E-state index contributed by atoms with van der Waals surface area (Å²) in [5, 5.41) is 2.21. The summed E-state index contributed by atoms with van der Waals surface area (Å²) in [7, 11) is 0. The van der Waals surface area contributed by atoms with Gasteiger partial charge in [0.1, 0.15) is 0 Å². The Morgan fingerprint density at radius 1 is 0.792 bits per heavy atom. The van der Waals surface area contributed by atoms with E-state index < -0.39 is 11.6 Å². The standard InChI is InChI=1S/C22H22F2/c1-2-3-4-5-7-16-10-12-20-17(14-16)8-6-9-19(20)18-11-13-21(23)22(24)15-18/h6,8-15H,2-5,7H2,1H3. The van der Waals surface area contributed by atoms with Crippen molar-refractivity contribution in [3.63, 3.8) is 0 Å². The lowest BCUT2D eigenvalue weighted by atomic mass is 9.95. The Kier molecular flexibility index (Phi) is 5.24. The second-order valence-electron chi connectivity index (χ2n) is 6.30. The van der Waals surface area contributed by atoms with E-state index in [1.54, 1.807) is 6.07 Å². The van der Waals surface area contributed by atoms with Gasteiger partial charge in [-0.1, -0.05) is 68.7 Å². The first-order valence-electron chi connectivity index (χ1n) is 8.66. The van der Waals surface area contributed by atoms with Gasteiger partial charge in [-0.2, -0.15) is 0 Å². The van der Waals surface area contributed by atoms with Crippen LogP contribution in [0.1, 0.15) is 38.2 Å². The maximum absolute atomic E-state index is 13.6. The average Bonchev–Trinajstić information content (AvgIpc) is 2.60. The van der Waals surface area contributed by atoms with E-state index in [0.717, 1.165) is 22.8 Å². The number of unbranched alkanes of at least 4 members (excludes halogenated alkanes) is 3. The molecule has 0 saturated heterocycles. The molecule has 0 unspecified atom stereocenters. The normalized spacial score (nSPS) is 11.1. The van der Waals surface area contributed by atoms with E-state index in [-0.39, 0.29) is 0 Å². The van der Waals surface area contributed by atoms with Gasteiger partial charge in [0.2, 0.25) is 0 Å². The van der Waals surface area contributed by atoms with Crippen LogP contribution in [0.15, 0.2) is 54.6 Å². The topological polar surface area (TPSA) is 0 Å². The third-order valence-electron chi connectivity index (χ3n) is 4.49. The molecule has 0 atom stereocenters. The molecule has 0 aliphatic carbocycles. The number of fused-ring (bicyclic) bond motifs is 1. The molecule has 3 rings (SSSR count). The molecule has 124 valence electrons. The van der Waals surface area contributed by atoms with Crippen LogP contribution in [-0.2, 0) is 6.42 Å². The molecule has 2 heteroatoms. The zero-order valence-electron chi connectivity index (χ0n) is 14.0. The minimum Gasteiger partial charge on any atom is -0.204 e. The fourth-order valence-corrected chi connectivity index (χ4v) is 3.16. The highest BCUT2D eigenvalue weighted by Gasteiger charge is 2.08. The van der Waals surface area contributed by atoms with Crippen molar-refractivity contribution in [1.29, 1.82) is 0 Å². The number of halogens is 2. The summed E-state index contributed by atoms with van der Waals surface area (Å²) in [6, 6.07) is 16.5. The molecule has 0 radical (unpaired) electrons. The van der Waals surface area contributed by atoms with Crippen LogP contribution in [0, 0.1) is 11.6 Å². The van der Waals surface area contributed by atoms with E-state index in [4.69, 9.17) is 0 Å². The van der Waals surface area contributed by atoms with Crippen LogP contribution in [0.2, 0.25) is 0 Å². The number of hydrogen-bond donors (Lipinski definition) is 0. The Morgan fingerprint density at radius 2 is 1.67 bits per heavy atom. The third-order valence-corrected chi connectivity index (χ3v) is 4.49. The first kappa shape index (κ1) is 16.6. The molecule has 0 aromatic heterocycles. The van der Waals surface area contributed by atoms with Gasteiger partial charge < -0.3 is 0 Å². The molecule has 0 nitrogen and oxygen atoms in total. The van der Waals surface area contributed by atoms with Gasteiger partial charge in [-0.3, -0.25) is 0 Å². The van der Waals surface area contributed by atoms with Gasteiger partial charge in [0.05, 0.1) is 0 Å². The molecule has 0 amide bonds. The highest BCUT2D eigenvalue weighted by Crippen LogP contribution is 2.30. The van der Waals surface area contributed by atoms with Gasteiger partial charge in [-0.25, -0.2) is 8.78 Å². The Morgan fingerprint density at radius 3 is 2.46 bits per heavy atom. The summed E-state index contributed by atoms with van der Waals surface area (Å²) in [4.78, 5) is 0. The predicted octanol–water partition coefficient (Wildman–Crippen LogP) is 6.91. The molecule has 0 heterocycles. The zero-order chi connectivity index (χ0) is 16.9. The van der Waals surface area contributed by atoms with E-state index in [1.165, 1.54) is 43.4 Å². The van der Waals surface area contributed by atoms with Crippen molar-refractivity contribution in [3.05, 3.63) is 71.8 Å². The Labute approximate surface area is 142 Å². The molecule has 0 aliphatic heterocycles. The average molecular weight is 324 g/mol. The third kappa shape index (κ3) is 3.64. The molecular weight excluding hydrogens is 302 g/mol. The van der Waals surface area contributed by atoms with Gasteiger partial charge in [0, 0.05) is 0 Å². The fraction of sp³-hybridized carbons (Fsp3) is 0.273. The highest BCUT2D eigenvalue weighted by atomic mass is 19.2. The minimum absolute atomic E-state index is 0.704. The van der Waals surface area contributed by atoms with Crippen LogP contribution in [0.3, 0.4) is 0 Å². The molecule has 0 aliphatic rings. The predicted molar refractivity (Wildman–Crippen MR) is 97.1 cm³/mol. The lowest BCUT2D eigenvalue weighted by molar-refractivity contribution is 0.509. The van der Waals surface area contributed by atoms with Crippen LogP contribution in [-0.4, -0.2) is 0 Å². The number of aryl methyl sites for hydroxylation is 1. The Balaban J connectivity index is 1.91. The molecule has 0 spiro atoms. The lowest BCUT2D eigenvalue weighted by Crippen LogP contribution is -1.89. The molecule has 24 heavy (non-hydrogen) atoms. The first-order valence-corrected chi connectivity index (χ1v) is 8.66. The van der Waals surface area contributed by atoms with Crippen molar-refractivity contribution in [1.82, 2.24) is 0 Å². The van der Waals surface area contributed by atoms with Crippen LogP contribution in [0.5, 0.6) is 0 Å². The number of benzene rings is 3. The first-order chi connectivity index (χ1) is 11.7. The number of rotatable bonds is 6. The van der Waals surface area contributed by atoms with E-state index in [9.17, 15) is 8.78 Å². The minimum atomic E-state index is -0.812. The van der Waals surface area contributed by atoms with Crippen LogP contribution >= 0.6 is 0 Å². The summed E-state index contributed by atoms with van der Waals surface area (Å²) < 4.78 is 26.7. The van der Waals surface area contributed by atoms with E-state index in [0.29, 0.717) is 5.56 Å². The highest BCUT2D eigenvalue weighted by molar-refractivity contribution is 5.96. The fourth-order valence-electron chi connectivity index (χ4n) is 3.16. The molecule has 0 saturated carbocycles. The lowest BCUT2D eigenvalue weighted by Gasteiger charge is -2.09. The van der Waals surface area contributed by atoms with Crippen LogP contribution in [0.25, 0.3) is 21.9 Å². The zero-order valence-corrected chi connectivity index (χ0v) is 14.0. The summed E-state index contributed by atoms with van der Waals surface area (Å²) in [6.45, 7) is 2.22. The SMILES string of the molecule is CCCCCCc1ccc2c(-c3ccc(F)c(F)c3)cccc2c1. The van der Waals surface area contributed by atoms with Gasteiger partial charge in [-0.05, 0) is 52.4 Å². The van der Waals surface area contributed by atoms with Crippen LogP contribution in [0.4, 0.5) is 8.78 Å². The summed E-state index contributed by atoms with van der Waals surface area (Å²) >= 11 is 0. The van der Waals surface area contributed by atoms with E-state index in [2.05, 4.69) is 31.2 Å². The van der Waals surface area contributed by atoms with E-state index >= 15 is 0 Å². The second kappa shape index (κ2) is 7.57. The molecule has 3 aromatic rings. The van der Waals surface area contributed by atoms with E-state index in [1.807, 2.05) is 12.1 Å². The molecule has 0 bridgehead atoms. The second-order valence-corrected chi connectivity index (χ2v) is 6.30. The van der Waals surface area contributed by atoms with Gasteiger partial charge in [0.25, 0.3) is 0 Å². The summed E-state index contributed by atoms with van der Waals surface area (Å²) in [6.07, 6.45) is 6.10. The Bertz CT molecular complexity index is 836. The van der Waals surface area contributed by atoms with Crippen molar-refractivity contribution >= 4 is 10.8 Å². The molecular formula is C22H22F2. The smallest absolute Gasteiger partial charge is 0.159 e. The quantitative estimate of drug-likeness (QED) is 0.432. The van der Waals surface area contributed by atoms with Crippen molar-refractivity contribution in [2.45, 2.75) is 39.0 Å². The molecule has 0 N–H and O–H groups in total. The van der Waals surface area contributed by atoms with Crippen LogP contribution < -0.4 is 0 Å². The largest absolute Gasteiger partial charge is 0.204 e.